The van der Waals surface area contributed by atoms with E-state index in [-0.39, 0.29) is 0 Å². The molecule has 1 fully saturated rings. The Hall–Kier alpha value is -1.81. The molecule has 146 valence electrons. The number of nitrogens with zero attached hydrogens (tertiary/aromatic N) is 3. The first-order chi connectivity index (χ1) is 13.2. The lowest BCUT2D eigenvalue weighted by atomic mass is 9.94. The number of aromatic nitrogens is 2. The van der Waals surface area contributed by atoms with Crippen molar-refractivity contribution >= 4 is 5.69 Å². The zero-order valence-electron chi connectivity index (χ0n) is 17.1. The van der Waals surface area contributed by atoms with Crippen LogP contribution < -0.4 is 4.90 Å². The highest BCUT2D eigenvalue weighted by molar-refractivity contribution is 5.56. The first kappa shape index (κ1) is 18.5. The number of aromatic amines is 1. The van der Waals surface area contributed by atoms with Crippen molar-refractivity contribution in [2.24, 2.45) is 0 Å². The van der Waals surface area contributed by atoms with Crippen molar-refractivity contribution in [2.45, 2.75) is 58.8 Å². The molecule has 1 saturated heterocycles. The van der Waals surface area contributed by atoms with Gasteiger partial charge in [0.1, 0.15) is 0 Å². The Morgan fingerprint density at radius 3 is 2.67 bits per heavy atom. The largest absolute Gasteiger partial charge is 0.369 e. The molecule has 27 heavy (non-hydrogen) atoms. The molecule has 0 spiro atoms. The van der Waals surface area contributed by atoms with E-state index in [0.29, 0.717) is 0 Å². The Bertz CT molecular complexity index is 756. The molecule has 1 aliphatic heterocycles. The van der Waals surface area contributed by atoms with Crippen molar-refractivity contribution in [1.29, 1.82) is 0 Å². The van der Waals surface area contributed by atoms with E-state index in [1.807, 2.05) is 0 Å². The van der Waals surface area contributed by atoms with Gasteiger partial charge in [-0.15, -0.1) is 0 Å². The predicted molar refractivity (Wildman–Crippen MR) is 113 cm³/mol. The lowest BCUT2D eigenvalue weighted by Gasteiger charge is -2.37. The number of fused-ring (bicyclic) bond motifs is 1. The lowest BCUT2D eigenvalue weighted by Crippen LogP contribution is -2.46. The Morgan fingerprint density at radius 2 is 1.81 bits per heavy atom. The van der Waals surface area contributed by atoms with Crippen molar-refractivity contribution < 1.29 is 0 Å². The van der Waals surface area contributed by atoms with Crippen LogP contribution in [0.2, 0.25) is 0 Å². The highest BCUT2D eigenvalue weighted by Crippen LogP contribution is 2.25. The Labute approximate surface area is 164 Å². The Balaban J connectivity index is 1.20. The number of benzene rings is 1. The zero-order chi connectivity index (χ0) is 18.6. The minimum Gasteiger partial charge on any atom is -0.369 e. The van der Waals surface area contributed by atoms with Gasteiger partial charge in [0.25, 0.3) is 0 Å². The van der Waals surface area contributed by atoms with Gasteiger partial charge < -0.3 is 4.90 Å². The fourth-order valence-corrected chi connectivity index (χ4v) is 4.67. The topological polar surface area (TPSA) is 35.2 Å². The standard InChI is InChI=1S/C23H34N4/c1-18-8-7-12-23(19(18)2)27-16-14-26(15-17-27)13-6-5-11-22-20-9-3-4-10-21(20)24-25-22/h7-8,12H,3-6,9-11,13-17H2,1-2H3,(H,24,25). The van der Waals surface area contributed by atoms with E-state index in [2.05, 4.69) is 52.0 Å². The quantitative estimate of drug-likeness (QED) is 0.784. The van der Waals surface area contributed by atoms with Crippen LogP contribution in [-0.4, -0.2) is 47.8 Å². The monoisotopic (exact) mass is 366 g/mol. The van der Waals surface area contributed by atoms with Crippen LogP contribution in [0.3, 0.4) is 0 Å². The van der Waals surface area contributed by atoms with Crippen molar-refractivity contribution in [3.8, 4) is 0 Å². The molecule has 4 heteroatoms. The average molecular weight is 367 g/mol. The summed E-state index contributed by atoms with van der Waals surface area (Å²) in [4.78, 5) is 5.20. The third kappa shape index (κ3) is 4.21. The molecule has 2 heterocycles. The SMILES string of the molecule is Cc1cccc(N2CCN(CCCCc3n[nH]c4c3CCCC4)CC2)c1C. The van der Waals surface area contributed by atoms with Gasteiger partial charge in [0.2, 0.25) is 0 Å². The first-order valence-electron chi connectivity index (χ1n) is 10.8. The molecule has 1 aliphatic carbocycles. The number of H-pyrrole nitrogens is 1. The summed E-state index contributed by atoms with van der Waals surface area (Å²) in [6, 6.07) is 6.69. The van der Waals surface area contributed by atoms with Crippen molar-refractivity contribution in [3.63, 3.8) is 0 Å². The number of hydrogen-bond acceptors (Lipinski definition) is 3. The normalized spacial score (nSPS) is 17.9. The van der Waals surface area contributed by atoms with E-state index in [0.717, 1.165) is 19.5 Å². The summed E-state index contributed by atoms with van der Waals surface area (Å²) in [7, 11) is 0. The minimum absolute atomic E-state index is 1.15. The smallest absolute Gasteiger partial charge is 0.0656 e. The number of rotatable bonds is 6. The van der Waals surface area contributed by atoms with Gasteiger partial charge in [-0.05, 0) is 88.1 Å². The fraction of sp³-hybridized carbons (Fsp3) is 0.609. The van der Waals surface area contributed by atoms with Crippen LogP contribution in [0.5, 0.6) is 0 Å². The van der Waals surface area contributed by atoms with E-state index in [1.165, 1.54) is 86.4 Å². The maximum absolute atomic E-state index is 4.60. The third-order valence-electron chi connectivity index (χ3n) is 6.57. The summed E-state index contributed by atoms with van der Waals surface area (Å²) in [5.74, 6) is 0. The van der Waals surface area contributed by atoms with E-state index >= 15 is 0 Å². The second kappa shape index (κ2) is 8.47. The number of aryl methyl sites for hydroxylation is 3. The molecule has 2 aromatic rings. The van der Waals surface area contributed by atoms with E-state index < -0.39 is 0 Å². The molecule has 4 nitrogen and oxygen atoms in total. The van der Waals surface area contributed by atoms with Gasteiger partial charge >= 0.3 is 0 Å². The van der Waals surface area contributed by atoms with Crippen LogP contribution >= 0.6 is 0 Å². The Morgan fingerprint density at radius 1 is 1.00 bits per heavy atom. The highest BCUT2D eigenvalue weighted by Gasteiger charge is 2.19. The van der Waals surface area contributed by atoms with Crippen molar-refractivity contribution in [3.05, 3.63) is 46.3 Å². The van der Waals surface area contributed by atoms with Gasteiger partial charge in [-0.1, -0.05) is 12.1 Å². The summed E-state index contributed by atoms with van der Waals surface area (Å²) in [6.45, 7) is 10.4. The van der Waals surface area contributed by atoms with E-state index in [1.54, 1.807) is 5.56 Å². The maximum atomic E-state index is 4.60. The maximum Gasteiger partial charge on any atom is 0.0656 e. The molecule has 0 radical (unpaired) electrons. The van der Waals surface area contributed by atoms with Gasteiger partial charge in [-0.2, -0.15) is 5.10 Å². The van der Waals surface area contributed by atoms with Crippen molar-refractivity contribution in [1.82, 2.24) is 15.1 Å². The molecule has 0 saturated carbocycles. The van der Waals surface area contributed by atoms with Crippen LogP contribution in [0.25, 0.3) is 0 Å². The molecular formula is C23H34N4. The second-order valence-corrected chi connectivity index (χ2v) is 8.34. The summed E-state index contributed by atoms with van der Waals surface area (Å²) >= 11 is 0. The van der Waals surface area contributed by atoms with Crippen LogP contribution in [0.1, 0.15) is 53.8 Å². The van der Waals surface area contributed by atoms with Gasteiger partial charge in [0, 0.05) is 37.6 Å². The van der Waals surface area contributed by atoms with Crippen LogP contribution in [-0.2, 0) is 19.3 Å². The van der Waals surface area contributed by atoms with Gasteiger partial charge in [-0.25, -0.2) is 0 Å². The van der Waals surface area contributed by atoms with Gasteiger partial charge in [0.05, 0.1) is 5.69 Å². The van der Waals surface area contributed by atoms with E-state index in [9.17, 15) is 0 Å². The second-order valence-electron chi connectivity index (χ2n) is 8.34. The lowest BCUT2D eigenvalue weighted by molar-refractivity contribution is 0.253. The fourth-order valence-electron chi connectivity index (χ4n) is 4.67. The molecule has 0 unspecified atom stereocenters. The number of anilines is 1. The third-order valence-corrected chi connectivity index (χ3v) is 6.57. The van der Waals surface area contributed by atoms with Crippen LogP contribution in [0, 0.1) is 13.8 Å². The van der Waals surface area contributed by atoms with E-state index in [4.69, 9.17) is 0 Å². The summed E-state index contributed by atoms with van der Waals surface area (Å²) < 4.78 is 0. The predicted octanol–water partition coefficient (Wildman–Crippen LogP) is 4.05. The number of hydrogen-bond donors (Lipinski definition) is 1. The molecule has 0 bridgehead atoms. The molecule has 0 atom stereocenters. The number of piperazine rings is 1. The molecule has 2 aliphatic rings. The Kier molecular flexibility index (Phi) is 5.82. The first-order valence-corrected chi connectivity index (χ1v) is 10.8. The summed E-state index contributed by atoms with van der Waals surface area (Å²) in [5.41, 5.74) is 8.58. The van der Waals surface area contributed by atoms with Gasteiger partial charge in [0.15, 0.2) is 0 Å². The van der Waals surface area contributed by atoms with Crippen LogP contribution in [0.15, 0.2) is 18.2 Å². The number of nitrogens with one attached hydrogen (secondary N) is 1. The highest BCUT2D eigenvalue weighted by atomic mass is 15.3. The molecule has 1 N–H and O–H groups in total. The van der Waals surface area contributed by atoms with Gasteiger partial charge in [-0.3, -0.25) is 10.00 Å². The molecule has 1 aromatic heterocycles. The molecule has 4 rings (SSSR count). The summed E-state index contributed by atoms with van der Waals surface area (Å²) in [6.07, 6.45) is 8.79. The van der Waals surface area contributed by atoms with Crippen molar-refractivity contribution in [2.75, 3.05) is 37.6 Å². The number of unbranched alkanes of at least 4 members (excludes halogenated alkanes) is 1. The van der Waals surface area contributed by atoms with Crippen LogP contribution in [0.4, 0.5) is 5.69 Å². The minimum atomic E-state index is 1.15. The molecule has 1 aromatic carbocycles. The molecular weight excluding hydrogens is 332 g/mol. The zero-order valence-corrected chi connectivity index (χ0v) is 17.1. The molecule has 0 amide bonds. The summed E-state index contributed by atoms with van der Waals surface area (Å²) in [5, 5.41) is 7.88. The average Bonchev–Trinajstić information content (AvgIpc) is 3.11.